The van der Waals surface area contributed by atoms with E-state index in [4.69, 9.17) is 5.11 Å². The van der Waals surface area contributed by atoms with Crippen LogP contribution in [0.4, 0.5) is 5.82 Å². The van der Waals surface area contributed by atoms with Crippen molar-refractivity contribution in [3.05, 3.63) is 42.0 Å². The third-order valence-electron chi connectivity index (χ3n) is 3.96. The molecule has 0 spiro atoms. The molecule has 0 saturated carbocycles. The van der Waals surface area contributed by atoms with Gasteiger partial charge in [0, 0.05) is 18.0 Å². The van der Waals surface area contributed by atoms with Gasteiger partial charge in [0.25, 0.3) is 0 Å². The smallest absolute Gasteiger partial charge is 0.308 e. The molecule has 0 aliphatic carbocycles. The van der Waals surface area contributed by atoms with E-state index in [9.17, 15) is 4.79 Å². The number of rotatable bonds is 4. The number of benzene rings is 1. The van der Waals surface area contributed by atoms with E-state index in [1.807, 2.05) is 17.0 Å². The predicted octanol–water partition coefficient (Wildman–Crippen LogP) is 3.24. The van der Waals surface area contributed by atoms with E-state index >= 15 is 0 Å². The summed E-state index contributed by atoms with van der Waals surface area (Å²) in [4.78, 5) is 14.3. The molecule has 1 atom stereocenters. The summed E-state index contributed by atoms with van der Waals surface area (Å²) in [5, 5.41) is 18.5. The Labute approximate surface area is 139 Å². The third kappa shape index (κ3) is 4.01. The van der Waals surface area contributed by atoms with Crippen LogP contribution in [0.5, 0.6) is 0 Å². The fraction of sp³-hybridized carbons (Fsp3) is 0.353. The molecule has 1 aliphatic heterocycles. The van der Waals surface area contributed by atoms with Crippen molar-refractivity contribution in [3.63, 3.8) is 0 Å². The summed E-state index contributed by atoms with van der Waals surface area (Å²) in [6.45, 7) is 3.41. The summed E-state index contributed by atoms with van der Waals surface area (Å²) in [5.41, 5.74) is 1.23. The number of aryl methyl sites for hydroxylation is 1. The lowest BCUT2D eigenvalue weighted by molar-refractivity contribution is -0.141. The number of anilines is 1. The summed E-state index contributed by atoms with van der Waals surface area (Å²) >= 11 is 1.57. The molecular formula is C17H19N3O2S. The second kappa shape index (κ2) is 7.00. The maximum absolute atomic E-state index is 11.1. The molecule has 1 aromatic carbocycles. The molecule has 120 valence electrons. The fourth-order valence-corrected chi connectivity index (χ4v) is 3.38. The van der Waals surface area contributed by atoms with E-state index in [-0.39, 0.29) is 5.92 Å². The van der Waals surface area contributed by atoms with Gasteiger partial charge in [0.05, 0.1) is 5.92 Å². The normalized spacial score (nSPS) is 18.0. The monoisotopic (exact) mass is 329 g/mol. The Morgan fingerprint density at radius 1 is 1.22 bits per heavy atom. The van der Waals surface area contributed by atoms with Crippen LogP contribution in [-0.4, -0.2) is 34.4 Å². The van der Waals surface area contributed by atoms with Crippen molar-refractivity contribution < 1.29 is 9.90 Å². The predicted molar refractivity (Wildman–Crippen MR) is 89.9 cm³/mol. The van der Waals surface area contributed by atoms with Crippen molar-refractivity contribution in [3.8, 4) is 0 Å². The summed E-state index contributed by atoms with van der Waals surface area (Å²) in [7, 11) is 0. The maximum Gasteiger partial charge on any atom is 0.308 e. The minimum Gasteiger partial charge on any atom is -0.481 e. The van der Waals surface area contributed by atoms with Crippen LogP contribution < -0.4 is 4.90 Å². The lowest BCUT2D eigenvalue weighted by Crippen LogP contribution is -2.39. The molecule has 2 aromatic rings. The highest BCUT2D eigenvalue weighted by atomic mass is 32.2. The van der Waals surface area contributed by atoms with Gasteiger partial charge in [-0.2, -0.15) is 0 Å². The quantitative estimate of drug-likeness (QED) is 0.929. The summed E-state index contributed by atoms with van der Waals surface area (Å²) < 4.78 is 0. The van der Waals surface area contributed by atoms with Gasteiger partial charge in [0.15, 0.2) is 5.82 Å². The zero-order valence-corrected chi connectivity index (χ0v) is 13.8. The van der Waals surface area contributed by atoms with Gasteiger partial charge in [-0.3, -0.25) is 4.79 Å². The number of piperidine rings is 1. The highest BCUT2D eigenvalue weighted by molar-refractivity contribution is 7.99. The van der Waals surface area contributed by atoms with Gasteiger partial charge >= 0.3 is 5.97 Å². The highest BCUT2D eigenvalue weighted by Crippen LogP contribution is 2.27. The molecule has 1 saturated heterocycles. The molecule has 6 heteroatoms. The van der Waals surface area contributed by atoms with E-state index in [1.54, 1.807) is 11.8 Å². The number of hydrogen-bond donors (Lipinski definition) is 1. The van der Waals surface area contributed by atoms with Gasteiger partial charge in [-0.15, -0.1) is 10.2 Å². The first-order chi connectivity index (χ1) is 11.1. The van der Waals surface area contributed by atoms with Crippen LogP contribution in [0.3, 0.4) is 0 Å². The number of hydrogen-bond acceptors (Lipinski definition) is 5. The molecule has 1 aromatic heterocycles. The average molecular weight is 329 g/mol. The SMILES string of the molecule is Cc1ccc(Sc2ccc(N3CCCC(C(=O)O)C3)nn2)cc1. The lowest BCUT2D eigenvalue weighted by Gasteiger charge is -2.31. The largest absolute Gasteiger partial charge is 0.481 e. The fourth-order valence-electron chi connectivity index (χ4n) is 2.65. The van der Waals surface area contributed by atoms with Crippen LogP contribution in [0, 0.1) is 12.8 Å². The molecule has 1 aliphatic rings. The van der Waals surface area contributed by atoms with Crippen LogP contribution in [-0.2, 0) is 4.79 Å². The Morgan fingerprint density at radius 2 is 2.00 bits per heavy atom. The Morgan fingerprint density at radius 3 is 2.65 bits per heavy atom. The highest BCUT2D eigenvalue weighted by Gasteiger charge is 2.26. The van der Waals surface area contributed by atoms with E-state index in [2.05, 4.69) is 41.4 Å². The Kier molecular flexibility index (Phi) is 4.81. The standard InChI is InChI=1S/C17H19N3O2S/c1-12-4-6-14(7-5-12)23-16-9-8-15(18-19-16)20-10-2-3-13(11-20)17(21)22/h4-9,13H,2-3,10-11H2,1H3,(H,21,22). The molecule has 1 unspecified atom stereocenters. The Bertz CT molecular complexity index is 673. The molecule has 0 radical (unpaired) electrons. The van der Waals surface area contributed by atoms with Crippen molar-refractivity contribution in [2.24, 2.45) is 5.92 Å². The summed E-state index contributed by atoms with van der Waals surface area (Å²) in [5.74, 6) is -0.287. The minimum absolute atomic E-state index is 0.313. The molecule has 23 heavy (non-hydrogen) atoms. The molecule has 1 N–H and O–H groups in total. The van der Waals surface area contributed by atoms with E-state index in [1.165, 1.54) is 5.56 Å². The Hall–Kier alpha value is -2.08. The molecule has 0 amide bonds. The van der Waals surface area contributed by atoms with Gasteiger partial charge in [0.2, 0.25) is 0 Å². The van der Waals surface area contributed by atoms with Gasteiger partial charge < -0.3 is 10.0 Å². The zero-order valence-electron chi connectivity index (χ0n) is 13.0. The number of aromatic nitrogens is 2. The second-order valence-electron chi connectivity index (χ2n) is 5.77. The first-order valence-corrected chi connectivity index (χ1v) is 8.49. The van der Waals surface area contributed by atoms with Crippen molar-refractivity contribution in [2.75, 3.05) is 18.0 Å². The van der Waals surface area contributed by atoms with Crippen LogP contribution in [0.25, 0.3) is 0 Å². The van der Waals surface area contributed by atoms with Crippen molar-refractivity contribution in [2.45, 2.75) is 29.7 Å². The van der Waals surface area contributed by atoms with Crippen molar-refractivity contribution in [1.82, 2.24) is 10.2 Å². The number of aliphatic carboxylic acids is 1. The third-order valence-corrected chi connectivity index (χ3v) is 4.90. The summed E-state index contributed by atoms with van der Waals surface area (Å²) in [6.07, 6.45) is 1.61. The van der Waals surface area contributed by atoms with Crippen LogP contribution in [0.2, 0.25) is 0 Å². The number of carboxylic acid groups (broad SMARTS) is 1. The number of carbonyl (C=O) groups is 1. The van der Waals surface area contributed by atoms with Gasteiger partial charge in [-0.1, -0.05) is 29.5 Å². The Balaban J connectivity index is 1.67. The molecule has 0 bridgehead atoms. The first-order valence-electron chi connectivity index (χ1n) is 7.68. The van der Waals surface area contributed by atoms with Gasteiger partial charge in [0.1, 0.15) is 5.03 Å². The number of nitrogens with zero attached hydrogens (tertiary/aromatic N) is 3. The molecule has 3 rings (SSSR count). The van der Waals surface area contributed by atoms with E-state index in [0.29, 0.717) is 6.54 Å². The average Bonchev–Trinajstić information content (AvgIpc) is 2.58. The molecule has 1 fully saturated rings. The first kappa shape index (κ1) is 15.8. The van der Waals surface area contributed by atoms with Crippen molar-refractivity contribution in [1.29, 1.82) is 0 Å². The van der Waals surface area contributed by atoms with Crippen molar-refractivity contribution >= 4 is 23.5 Å². The van der Waals surface area contributed by atoms with E-state index in [0.717, 1.165) is 35.1 Å². The van der Waals surface area contributed by atoms with Crippen LogP contribution >= 0.6 is 11.8 Å². The van der Waals surface area contributed by atoms with Gasteiger partial charge in [-0.25, -0.2) is 0 Å². The number of carboxylic acids is 1. The lowest BCUT2D eigenvalue weighted by atomic mass is 9.98. The maximum atomic E-state index is 11.1. The molecule has 2 heterocycles. The molecule has 5 nitrogen and oxygen atoms in total. The van der Waals surface area contributed by atoms with Crippen LogP contribution in [0.15, 0.2) is 46.3 Å². The minimum atomic E-state index is -0.728. The zero-order chi connectivity index (χ0) is 16.2. The second-order valence-corrected chi connectivity index (χ2v) is 6.86. The van der Waals surface area contributed by atoms with E-state index < -0.39 is 5.97 Å². The molecular weight excluding hydrogens is 310 g/mol. The summed E-state index contributed by atoms with van der Waals surface area (Å²) in [6, 6.07) is 12.1. The van der Waals surface area contributed by atoms with Crippen LogP contribution in [0.1, 0.15) is 18.4 Å². The van der Waals surface area contributed by atoms with Gasteiger partial charge in [-0.05, 0) is 44.0 Å². The topological polar surface area (TPSA) is 66.3 Å².